The van der Waals surface area contributed by atoms with Gasteiger partial charge in [0, 0.05) is 24.3 Å². The Morgan fingerprint density at radius 2 is 2.20 bits per heavy atom. The molecule has 0 bridgehead atoms. The lowest BCUT2D eigenvalue weighted by molar-refractivity contribution is 0.507. The molecule has 1 aromatic heterocycles. The van der Waals surface area contributed by atoms with Crippen molar-refractivity contribution >= 4 is 15.9 Å². The van der Waals surface area contributed by atoms with Crippen LogP contribution < -0.4 is 5.32 Å². The summed E-state index contributed by atoms with van der Waals surface area (Å²) in [6.45, 7) is 5.71. The van der Waals surface area contributed by atoms with Crippen molar-refractivity contribution in [2.45, 2.75) is 32.9 Å². The normalized spacial score (nSPS) is 12.6. The number of hydrogen-bond donors (Lipinski definition) is 1. The van der Waals surface area contributed by atoms with Gasteiger partial charge in [-0.1, -0.05) is 19.1 Å². The van der Waals surface area contributed by atoms with Gasteiger partial charge in [0.15, 0.2) is 0 Å². The van der Waals surface area contributed by atoms with E-state index in [0.29, 0.717) is 10.0 Å². The van der Waals surface area contributed by atoms with E-state index in [4.69, 9.17) is 0 Å². The van der Waals surface area contributed by atoms with E-state index in [1.54, 1.807) is 6.07 Å². The summed E-state index contributed by atoms with van der Waals surface area (Å²) in [7, 11) is 0. The molecule has 0 radical (unpaired) electrons. The first kappa shape index (κ1) is 15.2. The van der Waals surface area contributed by atoms with Crippen molar-refractivity contribution in [2.24, 2.45) is 0 Å². The lowest BCUT2D eigenvalue weighted by atomic mass is 10.00. The minimum atomic E-state index is -0.193. The lowest BCUT2D eigenvalue weighted by Gasteiger charge is -2.18. The van der Waals surface area contributed by atoms with Crippen molar-refractivity contribution < 1.29 is 4.39 Å². The zero-order chi connectivity index (χ0) is 14.5. The fourth-order valence-corrected chi connectivity index (χ4v) is 2.63. The SMILES string of the molecule is CCNC(Cc1cnn(CC)c1)c1cccc(Br)c1F. The van der Waals surface area contributed by atoms with Crippen LogP contribution in [0.25, 0.3) is 0 Å². The van der Waals surface area contributed by atoms with Gasteiger partial charge in [-0.3, -0.25) is 4.68 Å². The summed E-state index contributed by atoms with van der Waals surface area (Å²) >= 11 is 3.25. The molecule has 1 N–H and O–H groups in total. The Morgan fingerprint density at radius 3 is 2.85 bits per heavy atom. The fourth-order valence-electron chi connectivity index (χ4n) is 2.25. The van der Waals surface area contributed by atoms with Gasteiger partial charge in [-0.05, 0) is 47.4 Å². The fraction of sp³-hybridized carbons (Fsp3) is 0.400. The van der Waals surface area contributed by atoms with Gasteiger partial charge in [0.1, 0.15) is 5.82 Å². The molecule has 5 heteroatoms. The van der Waals surface area contributed by atoms with Crippen LogP contribution in [0.2, 0.25) is 0 Å². The van der Waals surface area contributed by atoms with Gasteiger partial charge >= 0.3 is 0 Å². The van der Waals surface area contributed by atoms with Crippen molar-refractivity contribution in [3.63, 3.8) is 0 Å². The summed E-state index contributed by atoms with van der Waals surface area (Å²) in [5, 5.41) is 7.61. The minimum Gasteiger partial charge on any atom is -0.310 e. The zero-order valence-electron chi connectivity index (χ0n) is 11.7. The second kappa shape index (κ2) is 6.99. The molecule has 1 atom stereocenters. The number of likely N-dealkylation sites (N-methyl/N-ethyl adjacent to an activating group) is 1. The van der Waals surface area contributed by atoms with Crippen LogP contribution in [-0.4, -0.2) is 16.3 Å². The highest BCUT2D eigenvalue weighted by atomic mass is 79.9. The van der Waals surface area contributed by atoms with Crippen LogP contribution >= 0.6 is 15.9 Å². The zero-order valence-corrected chi connectivity index (χ0v) is 13.3. The number of aryl methyl sites for hydroxylation is 1. The number of aromatic nitrogens is 2. The highest BCUT2D eigenvalue weighted by molar-refractivity contribution is 9.10. The third-order valence-electron chi connectivity index (χ3n) is 3.26. The highest BCUT2D eigenvalue weighted by Crippen LogP contribution is 2.26. The predicted molar refractivity (Wildman–Crippen MR) is 82.1 cm³/mol. The number of rotatable bonds is 6. The highest BCUT2D eigenvalue weighted by Gasteiger charge is 2.17. The second-order valence-corrected chi connectivity index (χ2v) is 5.52. The van der Waals surface area contributed by atoms with E-state index >= 15 is 0 Å². The number of hydrogen-bond acceptors (Lipinski definition) is 2. The third kappa shape index (κ3) is 3.46. The van der Waals surface area contributed by atoms with Crippen molar-refractivity contribution in [1.29, 1.82) is 0 Å². The van der Waals surface area contributed by atoms with E-state index < -0.39 is 0 Å². The Labute approximate surface area is 127 Å². The van der Waals surface area contributed by atoms with Crippen molar-refractivity contribution in [3.05, 3.63) is 52.0 Å². The molecule has 1 heterocycles. The number of nitrogens with zero attached hydrogens (tertiary/aromatic N) is 2. The maximum Gasteiger partial charge on any atom is 0.142 e. The third-order valence-corrected chi connectivity index (χ3v) is 3.87. The van der Waals surface area contributed by atoms with Gasteiger partial charge in [0.2, 0.25) is 0 Å². The largest absolute Gasteiger partial charge is 0.310 e. The molecule has 2 aromatic rings. The van der Waals surface area contributed by atoms with Crippen molar-refractivity contribution in [3.8, 4) is 0 Å². The van der Waals surface area contributed by atoms with Crippen LogP contribution in [0.5, 0.6) is 0 Å². The Kier molecular flexibility index (Phi) is 5.31. The van der Waals surface area contributed by atoms with Gasteiger partial charge in [0.05, 0.1) is 10.7 Å². The summed E-state index contributed by atoms with van der Waals surface area (Å²) in [4.78, 5) is 0. The van der Waals surface area contributed by atoms with Gasteiger partial charge in [-0.15, -0.1) is 0 Å². The lowest BCUT2D eigenvalue weighted by Crippen LogP contribution is -2.24. The number of nitrogens with one attached hydrogen (secondary N) is 1. The van der Waals surface area contributed by atoms with Crippen LogP contribution in [0.3, 0.4) is 0 Å². The Morgan fingerprint density at radius 1 is 1.40 bits per heavy atom. The van der Waals surface area contributed by atoms with Crippen molar-refractivity contribution in [2.75, 3.05) is 6.54 Å². The molecular formula is C15H19BrFN3. The molecule has 0 fully saturated rings. The summed E-state index contributed by atoms with van der Waals surface area (Å²) in [6.07, 6.45) is 4.59. The van der Waals surface area contributed by atoms with E-state index in [2.05, 4.69) is 26.3 Å². The maximum atomic E-state index is 14.2. The van der Waals surface area contributed by atoms with Gasteiger partial charge < -0.3 is 5.32 Å². The molecule has 0 saturated carbocycles. The molecule has 0 aliphatic heterocycles. The Balaban J connectivity index is 2.24. The van der Waals surface area contributed by atoms with E-state index in [1.807, 2.05) is 43.1 Å². The summed E-state index contributed by atoms with van der Waals surface area (Å²) in [5.74, 6) is -0.193. The first-order chi connectivity index (χ1) is 9.65. The smallest absolute Gasteiger partial charge is 0.142 e. The summed E-state index contributed by atoms with van der Waals surface area (Å²) < 4.78 is 16.6. The minimum absolute atomic E-state index is 0.0491. The molecule has 0 aliphatic rings. The quantitative estimate of drug-likeness (QED) is 0.869. The predicted octanol–water partition coefficient (Wildman–Crippen LogP) is 3.70. The van der Waals surface area contributed by atoms with Crippen LogP contribution in [0.15, 0.2) is 35.1 Å². The molecule has 0 amide bonds. The summed E-state index contributed by atoms with van der Waals surface area (Å²) in [5.41, 5.74) is 1.79. The first-order valence-electron chi connectivity index (χ1n) is 6.84. The number of benzene rings is 1. The molecule has 2 rings (SSSR count). The molecule has 0 spiro atoms. The molecule has 0 aliphatic carbocycles. The van der Waals surface area contributed by atoms with Gasteiger partial charge in [0.25, 0.3) is 0 Å². The van der Waals surface area contributed by atoms with Crippen LogP contribution in [0.4, 0.5) is 4.39 Å². The van der Waals surface area contributed by atoms with Crippen molar-refractivity contribution in [1.82, 2.24) is 15.1 Å². The van der Waals surface area contributed by atoms with Gasteiger partial charge in [-0.25, -0.2) is 4.39 Å². The maximum absolute atomic E-state index is 14.2. The van der Waals surface area contributed by atoms with Crippen LogP contribution in [-0.2, 0) is 13.0 Å². The molecule has 1 aromatic carbocycles. The van der Waals surface area contributed by atoms with Gasteiger partial charge in [-0.2, -0.15) is 5.10 Å². The monoisotopic (exact) mass is 339 g/mol. The Hall–Kier alpha value is -1.20. The standard InChI is InChI=1S/C15H19BrFN3/c1-3-18-14(8-11-9-19-20(4-2)10-11)12-6-5-7-13(16)15(12)17/h5-7,9-10,14,18H,3-4,8H2,1-2H3. The molecule has 0 saturated heterocycles. The molecular weight excluding hydrogens is 321 g/mol. The molecule has 20 heavy (non-hydrogen) atoms. The van der Waals surface area contributed by atoms with E-state index in [0.717, 1.165) is 25.1 Å². The Bertz CT molecular complexity index is 568. The van der Waals surface area contributed by atoms with E-state index in [1.165, 1.54) is 0 Å². The van der Waals surface area contributed by atoms with E-state index in [-0.39, 0.29) is 11.9 Å². The average molecular weight is 340 g/mol. The van der Waals surface area contributed by atoms with Crippen LogP contribution in [0.1, 0.15) is 31.0 Å². The summed E-state index contributed by atoms with van der Waals surface area (Å²) in [6, 6.07) is 5.36. The van der Waals surface area contributed by atoms with Crippen LogP contribution in [0, 0.1) is 5.82 Å². The molecule has 1 unspecified atom stereocenters. The second-order valence-electron chi connectivity index (χ2n) is 4.66. The molecule has 108 valence electrons. The topological polar surface area (TPSA) is 29.9 Å². The first-order valence-corrected chi connectivity index (χ1v) is 7.63. The number of halogens is 2. The average Bonchev–Trinajstić information content (AvgIpc) is 2.89. The van der Waals surface area contributed by atoms with E-state index in [9.17, 15) is 4.39 Å². The molecule has 3 nitrogen and oxygen atoms in total.